The average molecular weight is 448 g/mol. The van der Waals surface area contributed by atoms with Crippen LogP contribution in [0.2, 0.25) is 0 Å². The molecule has 31 heavy (non-hydrogen) atoms. The van der Waals surface area contributed by atoms with Crippen LogP contribution in [0.3, 0.4) is 0 Å². The molecule has 0 radical (unpaired) electrons. The highest BCUT2D eigenvalue weighted by Crippen LogP contribution is 2.35. The summed E-state index contributed by atoms with van der Waals surface area (Å²) in [5.74, 6) is 0.558. The zero-order chi connectivity index (χ0) is 21.8. The van der Waals surface area contributed by atoms with Gasteiger partial charge in [-0.2, -0.15) is 4.31 Å². The SMILES string of the molecule is COc1ccccc1C(O)Nc1cc(S(=O)(=O)N2CCOCC2)ccc1N1CCCC1. The van der Waals surface area contributed by atoms with Crippen LogP contribution in [0.25, 0.3) is 0 Å². The number of morpholine rings is 1. The fraction of sp³-hybridized carbons (Fsp3) is 0.455. The van der Waals surface area contributed by atoms with Crippen molar-refractivity contribution in [2.24, 2.45) is 0 Å². The number of anilines is 2. The minimum Gasteiger partial charge on any atom is -0.496 e. The van der Waals surface area contributed by atoms with Crippen molar-refractivity contribution in [2.75, 3.05) is 56.7 Å². The molecule has 2 aliphatic heterocycles. The number of rotatable bonds is 7. The second-order valence-electron chi connectivity index (χ2n) is 7.68. The molecule has 8 nitrogen and oxygen atoms in total. The number of hydrogen-bond acceptors (Lipinski definition) is 7. The molecule has 4 rings (SSSR count). The van der Waals surface area contributed by atoms with E-state index in [1.165, 1.54) is 4.31 Å². The first-order valence-corrected chi connectivity index (χ1v) is 12.0. The Balaban J connectivity index is 1.68. The molecule has 9 heteroatoms. The molecule has 2 heterocycles. The molecule has 2 aromatic rings. The lowest BCUT2D eigenvalue weighted by molar-refractivity contribution is 0.0730. The van der Waals surface area contributed by atoms with E-state index in [-0.39, 0.29) is 4.90 Å². The fourth-order valence-corrected chi connectivity index (χ4v) is 5.51. The number of nitrogens with zero attached hydrogens (tertiary/aromatic N) is 2. The smallest absolute Gasteiger partial charge is 0.243 e. The van der Waals surface area contributed by atoms with Gasteiger partial charge in [-0.1, -0.05) is 18.2 Å². The van der Waals surface area contributed by atoms with Crippen LogP contribution >= 0.6 is 0 Å². The maximum atomic E-state index is 13.2. The Labute approximate surface area is 183 Å². The van der Waals surface area contributed by atoms with Crippen molar-refractivity contribution in [3.05, 3.63) is 48.0 Å². The average Bonchev–Trinajstić information content (AvgIpc) is 3.34. The van der Waals surface area contributed by atoms with E-state index in [4.69, 9.17) is 9.47 Å². The Morgan fingerprint density at radius 1 is 1.06 bits per heavy atom. The first-order valence-electron chi connectivity index (χ1n) is 10.5. The number of aliphatic hydroxyl groups excluding tert-OH is 1. The van der Waals surface area contributed by atoms with Crippen LogP contribution in [0.15, 0.2) is 47.4 Å². The summed E-state index contributed by atoms with van der Waals surface area (Å²) in [4.78, 5) is 2.41. The second kappa shape index (κ2) is 9.44. The molecule has 2 N–H and O–H groups in total. The largest absolute Gasteiger partial charge is 0.496 e. The van der Waals surface area contributed by atoms with E-state index >= 15 is 0 Å². The van der Waals surface area contributed by atoms with Gasteiger partial charge in [-0.3, -0.25) is 0 Å². The molecule has 2 aromatic carbocycles. The minimum absolute atomic E-state index is 0.201. The summed E-state index contributed by atoms with van der Waals surface area (Å²) in [6.45, 7) is 3.25. The Morgan fingerprint density at radius 3 is 2.48 bits per heavy atom. The van der Waals surface area contributed by atoms with E-state index in [0.717, 1.165) is 31.6 Å². The van der Waals surface area contributed by atoms with Gasteiger partial charge in [-0.25, -0.2) is 8.42 Å². The predicted octanol–water partition coefficient (Wildman–Crippen LogP) is 2.42. The van der Waals surface area contributed by atoms with Gasteiger partial charge in [0.2, 0.25) is 10.0 Å². The van der Waals surface area contributed by atoms with Crippen LogP contribution in [0.1, 0.15) is 24.6 Å². The van der Waals surface area contributed by atoms with Crippen molar-refractivity contribution < 1.29 is 23.0 Å². The summed E-state index contributed by atoms with van der Waals surface area (Å²) < 4.78 is 38.5. The molecule has 0 bridgehead atoms. The lowest BCUT2D eigenvalue weighted by Crippen LogP contribution is -2.40. The Bertz CT molecular complexity index is 1000. The summed E-state index contributed by atoms with van der Waals surface area (Å²) in [5.41, 5.74) is 2.04. The molecule has 0 saturated carbocycles. The number of nitrogens with one attached hydrogen (secondary N) is 1. The molecule has 0 aliphatic carbocycles. The molecule has 168 valence electrons. The summed E-state index contributed by atoms with van der Waals surface area (Å²) in [6.07, 6.45) is 1.11. The van der Waals surface area contributed by atoms with Crippen LogP contribution in [0, 0.1) is 0 Å². The number of aliphatic hydroxyl groups is 1. The van der Waals surface area contributed by atoms with Crippen molar-refractivity contribution in [2.45, 2.75) is 24.0 Å². The van der Waals surface area contributed by atoms with Gasteiger partial charge in [-0.05, 0) is 37.1 Å². The maximum absolute atomic E-state index is 13.2. The van der Waals surface area contributed by atoms with E-state index in [1.807, 2.05) is 18.2 Å². The van der Waals surface area contributed by atoms with Gasteiger partial charge in [0.25, 0.3) is 0 Å². The van der Waals surface area contributed by atoms with Gasteiger partial charge < -0.3 is 24.8 Å². The highest BCUT2D eigenvalue weighted by molar-refractivity contribution is 7.89. The van der Waals surface area contributed by atoms with Crippen LogP contribution in [-0.4, -0.2) is 64.3 Å². The van der Waals surface area contributed by atoms with Crippen LogP contribution in [0.5, 0.6) is 5.75 Å². The van der Waals surface area contributed by atoms with E-state index in [9.17, 15) is 13.5 Å². The van der Waals surface area contributed by atoms with E-state index in [1.54, 1.807) is 31.4 Å². The molecule has 0 amide bonds. The first-order chi connectivity index (χ1) is 15.0. The standard InChI is InChI=1S/C22H29N3O5S/c1-29-21-7-3-2-6-18(21)22(26)23-19-16-17(8-9-20(19)24-10-4-5-11-24)31(27,28)25-12-14-30-15-13-25/h2-3,6-9,16,22-23,26H,4-5,10-15H2,1H3. The van der Waals surface area contributed by atoms with Gasteiger partial charge in [0.1, 0.15) is 5.75 Å². The molecular formula is C22H29N3O5S. The van der Waals surface area contributed by atoms with Gasteiger partial charge in [0.05, 0.1) is 36.6 Å². The number of hydrogen-bond donors (Lipinski definition) is 2. The molecule has 2 fully saturated rings. The lowest BCUT2D eigenvalue weighted by Gasteiger charge is -2.28. The molecular weight excluding hydrogens is 418 g/mol. The molecule has 2 aliphatic rings. The quantitative estimate of drug-likeness (QED) is 0.630. The third kappa shape index (κ3) is 4.64. The zero-order valence-electron chi connectivity index (χ0n) is 17.7. The van der Waals surface area contributed by atoms with Crippen molar-refractivity contribution in [1.29, 1.82) is 0 Å². The third-order valence-electron chi connectivity index (χ3n) is 5.75. The van der Waals surface area contributed by atoms with Gasteiger partial charge in [-0.15, -0.1) is 0 Å². The summed E-state index contributed by atoms with van der Waals surface area (Å²) in [6, 6.07) is 12.3. The van der Waals surface area contributed by atoms with Crippen molar-refractivity contribution >= 4 is 21.4 Å². The highest BCUT2D eigenvalue weighted by atomic mass is 32.2. The van der Waals surface area contributed by atoms with Crippen LogP contribution in [0.4, 0.5) is 11.4 Å². The lowest BCUT2D eigenvalue weighted by atomic mass is 10.1. The first kappa shape index (κ1) is 21.9. The van der Waals surface area contributed by atoms with Gasteiger partial charge in [0.15, 0.2) is 6.23 Å². The Hall–Kier alpha value is -2.33. The molecule has 2 saturated heterocycles. The Kier molecular flexibility index (Phi) is 6.66. The van der Waals surface area contributed by atoms with Crippen molar-refractivity contribution in [3.8, 4) is 5.75 Å². The second-order valence-corrected chi connectivity index (χ2v) is 9.62. The normalized spacial score (nSPS) is 18.7. The number of methoxy groups -OCH3 is 1. The number of sulfonamides is 1. The maximum Gasteiger partial charge on any atom is 0.243 e. The molecule has 0 spiro atoms. The minimum atomic E-state index is -3.65. The predicted molar refractivity (Wildman–Crippen MR) is 119 cm³/mol. The van der Waals surface area contributed by atoms with E-state index in [2.05, 4.69) is 10.2 Å². The van der Waals surface area contributed by atoms with Gasteiger partial charge >= 0.3 is 0 Å². The Morgan fingerprint density at radius 2 is 1.77 bits per heavy atom. The topological polar surface area (TPSA) is 91.3 Å². The number of ether oxygens (including phenoxy) is 2. The number of benzene rings is 2. The molecule has 1 unspecified atom stereocenters. The van der Waals surface area contributed by atoms with Crippen molar-refractivity contribution in [3.63, 3.8) is 0 Å². The van der Waals surface area contributed by atoms with Crippen LogP contribution in [-0.2, 0) is 14.8 Å². The monoisotopic (exact) mass is 447 g/mol. The number of para-hydroxylation sites is 1. The zero-order valence-corrected chi connectivity index (χ0v) is 18.5. The summed E-state index contributed by atoms with van der Waals surface area (Å²) in [7, 11) is -2.10. The molecule has 1 atom stereocenters. The van der Waals surface area contributed by atoms with Crippen LogP contribution < -0.4 is 15.0 Å². The third-order valence-corrected chi connectivity index (χ3v) is 7.64. The summed E-state index contributed by atoms with van der Waals surface area (Å²) >= 11 is 0. The van der Waals surface area contributed by atoms with E-state index < -0.39 is 16.3 Å². The highest BCUT2D eigenvalue weighted by Gasteiger charge is 2.28. The van der Waals surface area contributed by atoms with E-state index in [0.29, 0.717) is 43.3 Å². The molecule has 0 aromatic heterocycles. The summed E-state index contributed by atoms with van der Waals surface area (Å²) in [5, 5.41) is 14.0. The van der Waals surface area contributed by atoms with Crippen molar-refractivity contribution in [1.82, 2.24) is 4.31 Å². The fourth-order valence-electron chi connectivity index (χ4n) is 4.08. The van der Waals surface area contributed by atoms with Gasteiger partial charge in [0, 0.05) is 31.7 Å².